The van der Waals surface area contributed by atoms with Crippen molar-refractivity contribution in [3.8, 4) is 5.75 Å². The van der Waals surface area contributed by atoms with Gasteiger partial charge in [-0.3, -0.25) is 9.69 Å². The summed E-state index contributed by atoms with van der Waals surface area (Å²) < 4.78 is 6.33. The fraction of sp³-hybridized carbons (Fsp3) is 0.462. The van der Waals surface area contributed by atoms with E-state index >= 15 is 0 Å². The summed E-state index contributed by atoms with van der Waals surface area (Å²) in [6.07, 6.45) is 0.728. The van der Waals surface area contributed by atoms with Gasteiger partial charge in [0.15, 0.2) is 0 Å². The second-order valence-corrected chi connectivity index (χ2v) is 5.43. The number of likely N-dealkylation sites (tertiary alicyclic amines) is 1. The highest BCUT2D eigenvalue weighted by Gasteiger charge is 2.28. The topological polar surface area (TPSA) is 49.8 Å². The number of halogens is 1. The van der Waals surface area contributed by atoms with Crippen molar-refractivity contribution in [1.82, 2.24) is 4.90 Å². The lowest BCUT2D eigenvalue weighted by Gasteiger charge is -2.17. The third-order valence-corrected chi connectivity index (χ3v) is 3.75. The second kappa shape index (κ2) is 5.71. The Morgan fingerprint density at radius 3 is 3.00 bits per heavy atom. The van der Waals surface area contributed by atoms with E-state index in [0.717, 1.165) is 35.3 Å². The van der Waals surface area contributed by atoms with Crippen LogP contribution >= 0.6 is 15.9 Å². The highest BCUT2D eigenvalue weighted by Crippen LogP contribution is 2.26. The van der Waals surface area contributed by atoms with E-state index in [1.54, 1.807) is 7.11 Å². The lowest BCUT2D eigenvalue weighted by molar-refractivity contribution is -0.141. The van der Waals surface area contributed by atoms with E-state index in [0.29, 0.717) is 6.54 Å². The van der Waals surface area contributed by atoms with Crippen molar-refractivity contribution in [3.63, 3.8) is 0 Å². The average molecular weight is 314 g/mol. The molecule has 1 aliphatic heterocycles. The fourth-order valence-corrected chi connectivity index (χ4v) is 2.70. The minimum Gasteiger partial charge on any atom is -0.496 e. The number of ether oxygens (including phenoxy) is 1. The van der Waals surface area contributed by atoms with Crippen molar-refractivity contribution in [1.29, 1.82) is 0 Å². The maximum Gasteiger partial charge on any atom is 0.307 e. The molecule has 0 aromatic heterocycles. The molecule has 1 aromatic carbocycles. The second-order valence-electron chi connectivity index (χ2n) is 4.52. The first kappa shape index (κ1) is 13.4. The van der Waals surface area contributed by atoms with Crippen LogP contribution in [0.4, 0.5) is 0 Å². The van der Waals surface area contributed by atoms with Crippen LogP contribution in [-0.4, -0.2) is 36.2 Å². The van der Waals surface area contributed by atoms with Gasteiger partial charge in [0.1, 0.15) is 5.75 Å². The normalized spacial score (nSPS) is 20.0. The van der Waals surface area contributed by atoms with Gasteiger partial charge >= 0.3 is 5.97 Å². The molecule has 4 nitrogen and oxygen atoms in total. The number of nitrogens with zero attached hydrogens (tertiary/aromatic N) is 1. The quantitative estimate of drug-likeness (QED) is 0.927. The largest absolute Gasteiger partial charge is 0.496 e. The Labute approximate surface area is 115 Å². The molecule has 1 aromatic rings. The van der Waals surface area contributed by atoms with E-state index < -0.39 is 5.97 Å². The van der Waals surface area contributed by atoms with Crippen LogP contribution in [0.15, 0.2) is 22.7 Å². The predicted molar refractivity (Wildman–Crippen MR) is 71.7 cm³/mol. The number of hydrogen-bond acceptors (Lipinski definition) is 3. The lowest BCUT2D eigenvalue weighted by Crippen LogP contribution is -2.23. The van der Waals surface area contributed by atoms with Gasteiger partial charge in [0.25, 0.3) is 0 Å². The number of benzene rings is 1. The molecule has 1 N–H and O–H groups in total. The number of carboxylic acid groups (broad SMARTS) is 1. The molecule has 1 fully saturated rings. The van der Waals surface area contributed by atoms with E-state index in [2.05, 4.69) is 20.8 Å². The molecular weight excluding hydrogens is 298 g/mol. The SMILES string of the molecule is COc1ccc(Br)cc1CN1CC[C@H](C(=O)O)C1. The minimum atomic E-state index is -0.696. The standard InChI is InChI=1S/C13H16BrNO3/c1-18-12-3-2-11(14)6-10(12)8-15-5-4-9(7-15)13(16)17/h2-3,6,9H,4-5,7-8H2,1H3,(H,16,17)/t9-/m0/s1. The van der Waals surface area contributed by atoms with Crippen LogP contribution in [0, 0.1) is 5.92 Å². The summed E-state index contributed by atoms with van der Waals surface area (Å²) in [7, 11) is 1.65. The molecule has 1 heterocycles. The molecule has 0 amide bonds. The molecule has 1 saturated heterocycles. The van der Waals surface area contributed by atoms with Gasteiger partial charge in [0, 0.05) is 23.1 Å². The van der Waals surface area contributed by atoms with Crippen LogP contribution in [0.2, 0.25) is 0 Å². The molecule has 0 spiro atoms. The first-order valence-electron chi connectivity index (χ1n) is 5.87. The molecule has 2 rings (SSSR count). The number of carbonyl (C=O) groups is 1. The summed E-state index contributed by atoms with van der Waals surface area (Å²) in [5.41, 5.74) is 1.08. The Kier molecular flexibility index (Phi) is 4.24. The van der Waals surface area contributed by atoms with Gasteiger partial charge in [0.05, 0.1) is 13.0 Å². The number of rotatable bonds is 4. The Balaban J connectivity index is 2.06. The maximum absolute atomic E-state index is 10.9. The lowest BCUT2D eigenvalue weighted by atomic mass is 10.1. The summed E-state index contributed by atoms with van der Waals surface area (Å²) in [6.45, 7) is 2.17. The van der Waals surface area contributed by atoms with Gasteiger partial charge in [-0.1, -0.05) is 15.9 Å². The van der Waals surface area contributed by atoms with Crippen LogP contribution in [0.1, 0.15) is 12.0 Å². The summed E-state index contributed by atoms with van der Waals surface area (Å²) in [6, 6.07) is 5.88. The van der Waals surface area contributed by atoms with Gasteiger partial charge < -0.3 is 9.84 Å². The van der Waals surface area contributed by atoms with Crippen LogP contribution in [0.3, 0.4) is 0 Å². The molecule has 0 radical (unpaired) electrons. The molecule has 0 bridgehead atoms. The fourth-order valence-electron chi connectivity index (χ4n) is 2.29. The average Bonchev–Trinajstić information content (AvgIpc) is 2.78. The highest BCUT2D eigenvalue weighted by atomic mass is 79.9. The monoisotopic (exact) mass is 313 g/mol. The van der Waals surface area contributed by atoms with Crippen molar-refractivity contribution >= 4 is 21.9 Å². The van der Waals surface area contributed by atoms with Crippen molar-refractivity contribution in [2.45, 2.75) is 13.0 Å². The number of hydrogen-bond donors (Lipinski definition) is 1. The van der Waals surface area contributed by atoms with Crippen LogP contribution in [0.25, 0.3) is 0 Å². The molecule has 1 aliphatic rings. The van der Waals surface area contributed by atoms with Crippen LogP contribution in [0.5, 0.6) is 5.75 Å². The van der Waals surface area contributed by atoms with E-state index in [1.807, 2.05) is 18.2 Å². The number of carboxylic acids is 1. The summed E-state index contributed by atoms with van der Waals surface area (Å²) in [5, 5.41) is 8.98. The van der Waals surface area contributed by atoms with E-state index in [4.69, 9.17) is 9.84 Å². The van der Waals surface area contributed by atoms with Gasteiger partial charge in [-0.25, -0.2) is 0 Å². The molecule has 18 heavy (non-hydrogen) atoms. The van der Waals surface area contributed by atoms with Gasteiger partial charge in [0.2, 0.25) is 0 Å². The van der Waals surface area contributed by atoms with E-state index in [-0.39, 0.29) is 5.92 Å². The highest BCUT2D eigenvalue weighted by molar-refractivity contribution is 9.10. The van der Waals surface area contributed by atoms with Gasteiger partial charge in [-0.2, -0.15) is 0 Å². The Hall–Kier alpha value is -1.07. The minimum absolute atomic E-state index is 0.233. The Morgan fingerprint density at radius 2 is 2.39 bits per heavy atom. The summed E-state index contributed by atoms with van der Waals surface area (Å²) in [4.78, 5) is 13.1. The molecule has 0 saturated carbocycles. The maximum atomic E-state index is 10.9. The molecule has 5 heteroatoms. The van der Waals surface area contributed by atoms with Crippen LogP contribution < -0.4 is 4.74 Å². The van der Waals surface area contributed by atoms with E-state index in [1.165, 1.54) is 0 Å². The smallest absolute Gasteiger partial charge is 0.307 e. The van der Waals surface area contributed by atoms with Gasteiger partial charge in [-0.15, -0.1) is 0 Å². The van der Waals surface area contributed by atoms with Crippen LogP contribution in [-0.2, 0) is 11.3 Å². The summed E-state index contributed by atoms with van der Waals surface area (Å²) >= 11 is 3.44. The molecule has 0 unspecified atom stereocenters. The van der Waals surface area contributed by atoms with Gasteiger partial charge in [-0.05, 0) is 31.2 Å². The van der Waals surface area contributed by atoms with Crippen molar-refractivity contribution in [3.05, 3.63) is 28.2 Å². The zero-order valence-corrected chi connectivity index (χ0v) is 11.8. The third-order valence-electron chi connectivity index (χ3n) is 3.26. The molecular formula is C13H16BrNO3. The zero-order chi connectivity index (χ0) is 13.1. The molecule has 98 valence electrons. The van der Waals surface area contributed by atoms with Crippen molar-refractivity contribution in [2.75, 3.05) is 20.2 Å². The van der Waals surface area contributed by atoms with Crippen molar-refractivity contribution < 1.29 is 14.6 Å². The molecule has 0 aliphatic carbocycles. The third kappa shape index (κ3) is 3.03. The Bertz CT molecular complexity index is 450. The number of aliphatic carboxylic acids is 1. The van der Waals surface area contributed by atoms with Crippen molar-refractivity contribution in [2.24, 2.45) is 5.92 Å². The number of methoxy groups -OCH3 is 1. The molecule has 1 atom stereocenters. The predicted octanol–water partition coefficient (Wildman–Crippen LogP) is 2.36. The first-order valence-corrected chi connectivity index (χ1v) is 6.67. The Morgan fingerprint density at radius 1 is 1.61 bits per heavy atom. The van der Waals surface area contributed by atoms with E-state index in [9.17, 15) is 4.79 Å². The zero-order valence-electron chi connectivity index (χ0n) is 10.2. The first-order chi connectivity index (χ1) is 8.60. The summed E-state index contributed by atoms with van der Waals surface area (Å²) in [5.74, 6) is -0.0844.